The highest BCUT2D eigenvalue weighted by Gasteiger charge is 2.28. The van der Waals surface area contributed by atoms with Gasteiger partial charge in [0, 0.05) is 18.3 Å². The summed E-state index contributed by atoms with van der Waals surface area (Å²) in [6.07, 6.45) is 7.21. The Bertz CT molecular complexity index is 254. The minimum Gasteiger partial charge on any atom is -0.377 e. The largest absolute Gasteiger partial charge is 0.377 e. The smallest absolute Gasteiger partial charge is 0.223 e. The van der Waals surface area contributed by atoms with Gasteiger partial charge in [-0.1, -0.05) is 35.2 Å². The molecule has 0 aromatic carbocycles. The van der Waals surface area contributed by atoms with Crippen LogP contribution in [-0.4, -0.2) is 41.9 Å². The van der Waals surface area contributed by atoms with E-state index in [0.29, 0.717) is 25.0 Å². The van der Waals surface area contributed by atoms with Gasteiger partial charge in [-0.25, -0.2) is 0 Å². The van der Waals surface area contributed by atoms with E-state index in [1.807, 2.05) is 4.90 Å². The van der Waals surface area contributed by atoms with Crippen LogP contribution >= 0.6 is 15.9 Å². The van der Waals surface area contributed by atoms with Crippen LogP contribution in [0.15, 0.2) is 0 Å². The molecule has 0 spiro atoms. The molecular weight excluding hydrogens is 282 g/mol. The molecule has 1 heterocycles. The summed E-state index contributed by atoms with van der Waals surface area (Å²) in [5.41, 5.74) is 0. The molecule has 1 amide bonds. The van der Waals surface area contributed by atoms with Gasteiger partial charge in [0.05, 0.1) is 19.3 Å². The van der Waals surface area contributed by atoms with Crippen LogP contribution in [0.5, 0.6) is 0 Å². The van der Waals surface area contributed by atoms with Crippen molar-refractivity contribution in [2.75, 3.05) is 25.1 Å². The van der Waals surface area contributed by atoms with Gasteiger partial charge in [-0.15, -0.1) is 0 Å². The van der Waals surface area contributed by atoms with E-state index >= 15 is 0 Å². The summed E-state index contributed by atoms with van der Waals surface area (Å²) in [6, 6.07) is 0.236. The third kappa shape index (κ3) is 3.68. The van der Waals surface area contributed by atoms with Crippen LogP contribution in [-0.2, 0) is 9.53 Å². The van der Waals surface area contributed by atoms with E-state index in [9.17, 15) is 4.79 Å². The van der Waals surface area contributed by atoms with E-state index in [1.165, 1.54) is 32.1 Å². The first-order valence-electron chi connectivity index (χ1n) is 6.74. The number of hydrogen-bond acceptors (Lipinski definition) is 2. The third-order valence-corrected chi connectivity index (χ3v) is 4.66. The molecule has 1 saturated carbocycles. The number of carbonyl (C=O) groups excluding carboxylic acids is 1. The minimum absolute atomic E-state index is 0.236. The van der Waals surface area contributed by atoms with Gasteiger partial charge in [0.25, 0.3) is 0 Å². The Kier molecular flexibility index (Phi) is 5.29. The normalized spacial score (nSPS) is 27.1. The summed E-state index contributed by atoms with van der Waals surface area (Å²) < 4.78 is 5.42. The maximum absolute atomic E-state index is 12.3. The zero-order chi connectivity index (χ0) is 12.1. The first-order valence-corrected chi connectivity index (χ1v) is 7.86. The molecule has 4 heteroatoms. The fourth-order valence-electron chi connectivity index (χ4n) is 2.87. The van der Waals surface area contributed by atoms with Gasteiger partial charge in [0.2, 0.25) is 5.91 Å². The number of amides is 1. The predicted octanol–water partition coefficient (Wildman–Crippen LogP) is 2.58. The van der Waals surface area contributed by atoms with Gasteiger partial charge in [-0.2, -0.15) is 0 Å². The van der Waals surface area contributed by atoms with E-state index in [2.05, 4.69) is 15.9 Å². The third-order valence-electron chi connectivity index (χ3n) is 3.91. The van der Waals surface area contributed by atoms with Gasteiger partial charge in [0.1, 0.15) is 0 Å². The second kappa shape index (κ2) is 6.74. The molecule has 2 fully saturated rings. The first-order chi connectivity index (χ1) is 8.31. The van der Waals surface area contributed by atoms with Gasteiger partial charge in [-0.3, -0.25) is 4.79 Å². The number of halogens is 1. The second-order valence-corrected chi connectivity index (χ2v) is 5.83. The standard InChI is InChI=1S/C13H22BrNO2/c14-9-12-10-17-7-6-15(12)13(16)8-11-4-2-1-3-5-11/h11-12H,1-10H2. The molecule has 1 saturated heterocycles. The molecule has 17 heavy (non-hydrogen) atoms. The lowest BCUT2D eigenvalue weighted by atomic mass is 9.86. The lowest BCUT2D eigenvalue weighted by molar-refractivity contribution is -0.140. The SMILES string of the molecule is O=C(CC1CCCCC1)N1CCOCC1CBr. The number of rotatable bonds is 3. The Balaban J connectivity index is 1.84. The van der Waals surface area contributed by atoms with Crippen molar-refractivity contribution >= 4 is 21.8 Å². The molecule has 1 atom stereocenters. The lowest BCUT2D eigenvalue weighted by Crippen LogP contribution is -2.50. The maximum atomic E-state index is 12.3. The van der Waals surface area contributed by atoms with E-state index in [1.54, 1.807) is 0 Å². The summed E-state index contributed by atoms with van der Waals surface area (Å²) in [4.78, 5) is 14.3. The van der Waals surface area contributed by atoms with Crippen LogP contribution in [0.25, 0.3) is 0 Å². The topological polar surface area (TPSA) is 29.5 Å². The van der Waals surface area contributed by atoms with Crippen LogP contribution in [0.4, 0.5) is 0 Å². The lowest BCUT2D eigenvalue weighted by Gasteiger charge is -2.36. The maximum Gasteiger partial charge on any atom is 0.223 e. The average Bonchev–Trinajstić information content (AvgIpc) is 2.40. The van der Waals surface area contributed by atoms with Crippen LogP contribution in [0.2, 0.25) is 0 Å². The number of carbonyl (C=O) groups is 1. The van der Waals surface area contributed by atoms with E-state index in [-0.39, 0.29) is 6.04 Å². The quantitative estimate of drug-likeness (QED) is 0.750. The Labute approximate surface area is 112 Å². The number of ether oxygens (including phenoxy) is 1. The number of nitrogens with zero attached hydrogens (tertiary/aromatic N) is 1. The molecule has 98 valence electrons. The Hall–Kier alpha value is -0.0900. The second-order valence-electron chi connectivity index (χ2n) is 5.18. The van der Waals surface area contributed by atoms with Gasteiger partial charge < -0.3 is 9.64 Å². The van der Waals surface area contributed by atoms with Crippen molar-refractivity contribution in [3.05, 3.63) is 0 Å². The van der Waals surface area contributed by atoms with Crippen molar-refractivity contribution < 1.29 is 9.53 Å². The Morgan fingerprint density at radius 1 is 1.29 bits per heavy atom. The molecule has 2 aliphatic rings. The molecule has 3 nitrogen and oxygen atoms in total. The molecule has 0 N–H and O–H groups in total. The van der Waals surface area contributed by atoms with Crippen LogP contribution < -0.4 is 0 Å². The van der Waals surface area contributed by atoms with Gasteiger partial charge in [0.15, 0.2) is 0 Å². The van der Waals surface area contributed by atoms with Crippen molar-refractivity contribution in [2.24, 2.45) is 5.92 Å². The predicted molar refractivity (Wildman–Crippen MR) is 71.3 cm³/mol. The van der Waals surface area contributed by atoms with Crippen molar-refractivity contribution in [1.82, 2.24) is 4.90 Å². The van der Waals surface area contributed by atoms with Crippen molar-refractivity contribution in [3.63, 3.8) is 0 Å². The number of alkyl halides is 1. The molecular formula is C13H22BrNO2. The fourth-order valence-corrected chi connectivity index (χ4v) is 3.40. The highest BCUT2D eigenvalue weighted by Crippen LogP contribution is 2.27. The first kappa shape index (κ1) is 13.3. The van der Waals surface area contributed by atoms with Crippen LogP contribution in [0.3, 0.4) is 0 Å². The van der Waals surface area contributed by atoms with Crippen LogP contribution in [0.1, 0.15) is 38.5 Å². The highest BCUT2D eigenvalue weighted by atomic mass is 79.9. The molecule has 0 bridgehead atoms. The van der Waals surface area contributed by atoms with E-state index < -0.39 is 0 Å². The summed E-state index contributed by atoms with van der Waals surface area (Å²) >= 11 is 3.47. The fraction of sp³-hybridized carbons (Fsp3) is 0.923. The molecule has 0 radical (unpaired) electrons. The number of morpholine rings is 1. The Morgan fingerprint density at radius 3 is 2.76 bits per heavy atom. The van der Waals surface area contributed by atoms with Crippen molar-refractivity contribution in [1.29, 1.82) is 0 Å². The monoisotopic (exact) mass is 303 g/mol. The highest BCUT2D eigenvalue weighted by molar-refractivity contribution is 9.09. The molecule has 1 aliphatic heterocycles. The average molecular weight is 304 g/mol. The summed E-state index contributed by atoms with van der Waals surface area (Å²) in [5, 5.41) is 0.823. The van der Waals surface area contributed by atoms with Gasteiger partial charge in [-0.05, 0) is 18.8 Å². The Morgan fingerprint density at radius 2 is 2.06 bits per heavy atom. The molecule has 2 rings (SSSR count). The summed E-state index contributed by atoms with van der Waals surface area (Å²) in [7, 11) is 0. The molecule has 1 aliphatic carbocycles. The van der Waals surface area contributed by atoms with Crippen LogP contribution in [0, 0.1) is 5.92 Å². The summed E-state index contributed by atoms with van der Waals surface area (Å²) in [5.74, 6) is 0.972. The van der Waals surface area contributed by atoms with E-state index in [4.69, 9.17) is 4.74 Å². The van der Waals surface area contributed by atoms with Crippen molar-refractivity contribution in [2.45, 2.75) is 44.6 Å². The summed E-state index contributed by atoms with van der Waals surface area (Å²) in [6.45, 7) is 2.14. The molecule has 1 unspecified atom stereocenters. The van der Waals surface area contributed by atoms with Crippen molar-refractivity contribution in [3.8, 4) is 0 Å². The van der Waals surface area contributed by atoms with E-state index in [0.717, 1.165) is 18.3 Å². The zero-order valence-electron chi connectivity index (χ0n) is 10.4. The molecule has 0 aromatic heterocycles. The minimum atomic E-state index is 0.236. The molecule has 0 aromatic rings. The zero-order valence-corrected chi connectivity index (χ0v) is 12.0. The van der Waals surface area contributed by atoms with Gasteiger partial charge >= 0.3 is 0 Å². The number of hydrogen-bond donors (Lipinski definition) is 0.